The molecule has 4 saturated carbocycles. The summed E-state index contributed by atoms with van der Waals surface area (Å²) in [5.74, 6) is 1.30. The summed E-state index contributed by atoms with van der Waals surface area (Å²) in [4.78, 5) is 24.0. The van der Waals surface area contributed by atoms with Crippen LogP contribution in [0.4, 0.5) is 0 Å². The first-order chi connectivity index (χ1) is 9.63. The summed E-state index contributed by atoms with van der Waals surface area (Å²) in [6, 6.07) is -0.0992. The van der Waals surface area contributed by atoms with Crippen molar-refractivity contribution < 1.29 is 14.7 Å². The SMILES string of the molecule is O=C(NC1C2CCC(C2)C1C(=O)O)C1CC2CCC1C2. The van der Waals surface area contributed by atoms with Crippen molar-refractivity contribution in [1.29, 1.82) is 0 Å². The number of hydrogen-bond acceptors (Lipinski definition) is 2. The van der Waals surface area contributed by atoms with Gasteiger partial charge in [0.25, 0.3) is 0 Å². The molecule has 110 valence electrons. The van der Waals surface area contributed by atoms with Gasteiger partial charge in [0, 0.05) is 12.0 Å². The van der Waals surface area contributed by atoms with E-state index < -0.39 is 5.97 Å². The summed E-state index contributed by atoms with van der Waals surface area (Å²) < 4.78 is 0. The van der Waals surface area contributed by atoms with Crippen LogP contribution in [0.1, 0.15) is 44.9 Å². The van der Waals surface area contributed by atoms with E-state index in [1.165, 1.54) is 19.3 Å². The maximum atomic E-state index is 12.5. The monoisotopic (exact) mass is 277 g/mol. The minimum Gasteiger partial charge on any atom is -0.481 e. The third kappa shape index (κ3) is 1.80. The van der Waals surface area contributed by atoms with E-state index in [4.69, 9.17) is 0 Å². The zero-order chi connectivity index (χ0) is 13.9. The number of carboxylic acids is 1. The average molecular weight is 277 g/mol. The van der Waals surface area contributed by atoms with E-state index in [9.17, 15) is 14.7 Å². The number of amides is 1. The second kappa shape index (κ2) is 4.47. The van der Waals surface area contributed by atoms with Crippen LogP contribution in [0.15, 0.2) is 0 Å². The van der Waals surface area contributed by atoms with Gasteiger partial charge in [0.15, 0.2) is 0 Å². The standard InChI is InChI=1S/C16H23NO3/c18-15(12-6-8-1-2-9(12)5-8)17-14-11-4-3-10(7-11)13(14)16(19)20/h8-14H,1-7H2,(H,17,18)(H,19,20). The Bertz CT molecular complexity index is 449. The molecule has 0 aromatic heterocycles. The molecule has 0 saturated heterocycles. The van der Waals surface area contributed by atoms with Crippen LogP contribution in [0.5, 0.6) is 0 Å². The zero-order valence-corrected chi connectivity index (χ0v) is 11.8. The van der Waals surface area contributed by atoms with Crippen molar-refractivity contribution in [3.05, 3.63) is 0 Å². The molecule has 4 bridgehead atoms. The Morgan fingerprint density at radius 2 is 1.65 bits per heavy atom. The van der Waals surface area contributed by atoms with Gasteiger partial charge in [-0.15, -0.1) is 0 Å². The molecule has 4 heteroatoms. The highest BCUT2D eigenvalue weighted by Gasteiger charge is 2.52. The Morgan fingerprint density at radius 3 is 2.30 bits per heavy atom. The molecule has 20 heavy (non-hydrogen) atoms. The largest absolute Gasteiger partial charge is 0.481 e. The van der Waals surface area contributed by atoms with E-state index >= 15 is 0 Å². The summed E-state index contributed by atoms with van der Waals surface area (Å²) in [7, 11) is 0. The van der Waals surface area contributed by atoms with Crippen molar-refractivity contribution in [3.63, 3.8) is 0 Å². The smallest absolute Gasteiger partial charge is 0.308 e. The van der Waals surface area contributed by atoms with E-state index in [0.717, 1.165) is 31.6 Å². The molecule has 7 atom stereocenters. The third-order valence-corrected chi connectivity index (χ3v) is 6.59. The Labute approximate surface area is 119 Å². The van der Waals surface area contributed by atoms with Crippen molar-refractivity contribution in [2.24, 2.45) is 35.5 Å². The van der Waals surface area contributed by atoms with Crippen LogP contribution in [-0.2, 0) is 9.59 Å². The Hall–Kier alpha value is -1.06. The minimum atomic E-state index is -0.713. The first kappa shape index (κ1) is 12.7. The van der Waals surface area contributed by atoms with E-state index in [-0.39, 0.29) is 23.8 Å². The molecule has 4 rings (SSSR count). The summed E-state index contributed by atoms with van der Waals surface area (Å²) in [5, 5.41) is 12.6. The van der Waals surface area contributed by atoms with Gasteiger partial charge in [-0.3, -0.25) is 9.59 Å². The molecule has 4 aliphatic rings. The fourth-order valence-corrected chi connectivity index (χ4v) is 5.69. The summed E-state index contributed by atoms with van der Waals surface area (Å²) in [6.45, 7) is 0. The number of rotatable bonds is 3. The predicted molar refractivity (Wildman–Crippen MR) is 72.8 cm³/mol. The number of carbonyl (C=O) groups excluding carboxylic acids is 1. The highest BCUT2D eigenvalue weighted by molar-refractivity contribution is 5.81. The lowest BCUT2D eigenvalue weighted by molar-refractivity contribution is -0.145. The lowest BCUT2D eigenvalue weighted by atomic mass is 9.83. The molecular formula is C16H23NO3. The predicted octanol–water partition coefficient (Wildman–Crippen LogP) is 2.04. The van der Waals surface area contributed by atoms with E-state index in [1.807, 2.05) is 0 Å². The molecule has 0 aromatic rings. The van der Waals surface area contributed by atoms with Gasteiger partial charge < -0.3 is 10.4 Å². The van der Waals surface area contributed by atoms with Gasteiger partial charge in [0.1, 0.15) is 0 Å². The normalized spacial score (nSPS) is 48.7. The van der Waals surface area contributed by atoms with E-state index in [0.29, 0.717) is 17.8 Å². The molecule has 0 aromatic carbocycles. The molecule has 2 N–H and O–H groups in total. The van der Waals surface area contributed by atoms with Gasteiger partial charge in [-0.05, 0) is 62.2 Å². The van der Waals surface area contributed by atoms with Crippen molar-refractivity contribution in [3.8, 4) is 0 Å². The van der Waals surface area contributed by atoms with Crippen LogP contribution >= 0.6 is 0 Å². The second-order valence-electron chi connectivity index (χ2n) is 7.51. The average Bonchev–Trinajstić information content (AvgIpc) is 3.17. The van der Waals surface area contributed by atoms with Gasteiger partial charge in [0.2, 0.25) is 5.91 Å². The number of carbonyl (C=O) groups is 2. The van der Waals surface area contributed by atoms with Crippen LogP contribution in [0.2, 0.25) is 0 Å². The van der Waals surface area contributed by atoms with Crippen LogP contribution in [0.3, 0.4) is 0 Å². The van der Waals surface area contributed by atoms with Gasteiger partial charge in [-0.2, -0.15) is 0 Å². The maximum absolute atomic E-state index is 12.5. The molecule has 4 nitrogen and oxygen atoms in total. The van der Waals surface area contributed by atoms with Crippen LogP contribution in [-0.4, -0.2) is 23.0 Å². The van der Waals surface area contributed by atoms with Crippen molar-refractivity contribution >= 4 is 11.9 Å². The highest BCUT2D eigenvalue weighted by Crippen LogP contribution is 2.50. The fraction of sp³-hybridized carbons (Fsp3) is 0.875. The first-order valence-electron chi connectivity index (χ1n) is 8.16. The number of hydrogen-bond donors (Lipinski definition) is 2. The van der Waals surface area contributed by atoms with Crippen LogP contribution in [0.25, 0.3) is 0 Å². The molecule has 4 fully saturated rings. The summed E-state index contributed by atoms with van der Waals surface area (Å²) in [6.07, 6.45) is 7.87. The van der Waals surface area contributed by atoms with Gasteiger partial charge in [-0.1, -0.05) is 6.42 Å². The quantitative estimate of drug-likeness (QED) is 0.829. The van der Waals surface area contributed by atoms with Crippen molar-refractivity contribution in [2.45, 2.75) is 51.0 Å². The Kier molecular flexibility index (Phi) is 2.83. The molecule has 7 unspecified atom stereocenters. The summed E-state index contributed by atoms with van der Waals surface area (Å²) >= 11 is 0. The molecule has 0 heterocycles. The molecule has 0 spiro atoms. The number of carboxylic acid groups (broad SMARTS) is 1. The van der Waals surface area contributed by atoms with Gasteiger partial charge in [0.05, 0.1) is 5.92 Å². The third-order valence-electron chi connectivity index (χ3n) is 6.59. The molecule has 4 aliphatic carbocycles. The van der Waals surface area contributed by atoms with Crippen molar-refractivity contribution in [1.82, 2.24) is 5.32 Å². The van der Waals surface area contributed by atoms with Crippen molar-refractivity contribution in [2.75, 3.05) is 0 Å². The van der Waals surface area contributed by atoms with E-state index in [1.54, 1.807) is 0 Å². The number of fused-ring (bicyclic) bond motifs is 4. The Balaban J connectivity index is 1.45. The first-order valence-corrected chi connectivity index (χ1v) is 8.16. The lowest BCUT2D eigenvalue weighted by Gasteiger charge is -2.31. The Morgan fingerprint density at radius 1 is 0.900 bits per heavy atom. The van der Waals surface area contributed by atoms with Gasteiger partial charge >= 0.3 is 5.97 Å². The fourth-order valence-electron chi connectivity index (χ4n) is 5.69. The minimum absolute atomic E-state index is 0.0992. The zero-order valence-electron chi connectivity index (χ0n) is 11.8. The summed E-state index contributed by atoms with van der Waals surface area (Å²) in [5.41, 5.74) is 0. The van der Waals surface area contributed by atoms with Gasteiger partial charge in [-0.25, -0.2) is 0 Å². The van der Waals surface area contributed by atoms with Crippen LogP contribution in [0, 0.1) is 35.5 Å². The molecule has 1 amide bonds. The maximum Gasteiger partial charge on any atom is 0.308 e. The van der Waals surface area contributed by atoms with E-state index in [2.05, 4.69) is 5.32 Å². The topological polar surface area (TPSA) is 66.4 Å². The van der Waals surface area contributed by atoms with Crippen LogP contribution < -0.4 is 5.32 Å². The highest BCUT2D eigenvalue weighted by atomic mass is 16.4. The number of nitrogens with one attached hydrogen (secondary N) is 1. The second-order valence-corrected chi connectivity index (χ2v) is 7.51. The molecule has 0 radical (unpaired) electrons. The molecular weight excluding hydrogens is 254 g/mol. The number of aliphatic carboxylic acids is 1. The lowest BCUT2D eigenvalue weighted by Crippen LogP contribution is -2.49. The molecule has 0 aliphatic heterocycles.